The maximum absolute atomic E-state index is 12.3. The van der Waals surface area contributed by atoms with E-state index in [1.807, 2.05) is 48.5 Å². The number of anilines is 1. The second kappa shape index (κ2) is 10.9. The Labute approximate surface area is 178 Å². The largest absolute Gasteiger partial charge is 0.387 e. The molecule has 2 aromatic carbocycles. The zero-order valence-corrected chi connectivity index (χ0v) is 17.6. The lowest BCUT2D eigenvalue weighted by atomic mass is 10.1. The van der Waals surface area contributed by atoms with Crippen molar-refractivity contribution in [1.82, 2.24) is 10.3 Å². The zero-order valence-electron chi connectivity index (χ0n) is 16.7. The van der Waals surface area contributed by atoms with Gasteiger partial charge < -0.3 is 10.4 Å². The van der Waals surface area contributed by atoms with Crippen LogP contribution >= 0.6 is 0 Å². The summed E-state index contributed by atoms with van der Waals surface area (Å²) in [5.74, 6) is 0.0436. The predicted octanol–water partition coefficient (Wildman–Crippen LogP) is 2.93. The molecule has 0 fully saturated rings. The third-order valence-corrected chi connectivity index (χ3v) is 6.02. The Morgan fingerprint density at radius 1 is 0.900 bits per heavy atom. The van der Waals surface area contributed by atoms with Crippen molar-refractivity contribution in [2.75, 3.05) is 23.6 Å². The van der Waals surface area contributed by atoms with Gasteiger partial charge in [-0.15, -0.1) is 0 Å². The van der Waals surface area contributed by atoms with Gasteiger partial charge in [0.1, 0.15) is 0 Å². The zero-order chi connectivity index (χ0) is 21.2. The van der Waals surface area contributed by atoms with E-state index in [1.54, 1.807) is 30.6 Å². The Hall–Kier alpha value is -2.74. The molecule has 0 saturated carbocycles. The van der Waals surface area contributed by atoms with Crippen LogP contribution in [0.5, 0.6) is 0 Å². The van der Waals surface area contributed by atoms with E-state index in [2.05, 4.69) is 15.0 Å². The second-order valence-corrected chi connectivity index (χ2v) is 8.95. The van der Waals surface area contributed by atoms with Crippen LogP contribution in [0.4, 0.5) is 5.69 Å². The fraction of sp³-hybridized carbons (Fsp3) is 0.261. The lowest BCUT2D eigenvalue weighted by Gasteiger charge is -2.12. The Morgan fingerprint density at radius 2 is 1.63 bits per heavy atom. The summed E-state index contributed by atoms with van der Waals surface area (Å²) in [4.78, 5) is 4.01. The molecule has 6 nitrogen and oxygen atoms in total. The summed E-state index contributed by atoms with van der Waals surface area (Å²) in [5, 5.41) is 13.3. The molecule has 7 heteroatoms. The van der Waals surface area contributed by atoms with E-state index in [9.17, 15) is 13.5 Å². The van der Waals surface area contributed by atoms with Crippen molar-refractivity contribution in [3.05, 3.63) is 95.8 Å². The van der Waals surface area contributed by atoms with E-state index >= 15 is 0 Å². The highest BCUT2D eigenvalue weighted by Gasteiger charge is 2.11. The van der Waals surface area contributed by atoms with Gasteiger partial charge in [-0.05, 0) is 48.7 Å². The van der Waals surface area contributed by atoms with Gasteiger partial charge in [-0.25, -0.2) is 8.42 Å². The molecule has 0 saturated heterocycles. The van der Waals surface area contributed by atoms with Crippen molar-refractivity contribution < 1.29 is 13.5 Å². The summed E-state index contributed by atoms with van der Waals surface area (Å²) in [6.07, 6.45) is 4.00. The standard InChI is InChI=1S/C23H27N3O3S/c27-23(21-7-4-14-24-17-21)18-25-15-12-20-8-10-22(11-9-20)26-30(28,29)16-13-19-5-2-1-3-6-19/h1-11,14,17,23,25-27H,12-13,15-16,18H2/t23-/m0/s1. The van der Waals surface area contributed by atoms with Crippen molar-refractivity contribution in [3.63, 3.8) is 0 Å². The summed E-state index contributed by atoms with van der Waals surface area (Å²) in [7, 11) is -3.40. The Morgan fingerprint density at radius 3 is 2.33 bits per heavy atom. The number of benzene rings is 2. The first kappa shape index (κ1) is 22.0. The highest BCUT2D eigenvalue weighted by Crippen LogP contribution is 2.13. The van der Waals surface area contributed by atoms with Crippen molar-refractivity contribution >= 4 is 15.7 Å². The predicted molar refractivity (Wildman–Crippen MR) is 120 cm³/mol. The van der Waals surface area contributed by atoms with Crippen molar-refractivity contribution in [1.29, 1.82) is 0 Å². The van der Waals surface area contributed by atoms with Gasteiger partial charge in [0.25, 0.3) is 0 Å². The van der Waals surface area contributed by atoms with Crippen LogP contribution in [0.15, 0.2) is 79.1 Å². The Balaban J connectivity index is 1.41. The smallest absolute Gasteiger partial charge is 0.233 e. The van der Waals surface area contributed by atoms with Gasteiger partial charge in [-0.3, -0.25) is 9.71 Å². The van der Waals surface area contributed by atoms with Crippen LogP contribution in [0, 0.1) is 0 Å². The number of pyridine rings is 1. The normalized spacial score (nSPS) is 12.4. The molecule has 158 valence electrons. The van der Waals surface area contributed by atoms with Crippen molar-refractivity contribution in [3.8, 4) is 0 Å². The summed E-state index contributed by atoms with van der Waals surface area (Å²) >= 11 is 0. The monoisotopic (exact) mass is 425 g/mol. The highest BCUT2D eigenvalue weighted by molar-refractivity contribution is 7.92. The molecule has 0 spiro atoms. The van der Waals surface area contributed by atoms with Gasteiger partial charge in [0.15, 0.2) is 0 Å². The van der Waals surface area contributed by atoms with Gasteiger partial charge in [0.2, 0.25) is 10.0 Å². The van der Waals surface area contributed by atoms with E-state index < -0.39 is 16.1 Å². The number of aliphatic hydroxyl groups is 1. The number of hydrogen-bond donors (Lipinski definition) is 3. The molecule has 3 aromatic rings. The van der Waals surface area contributed by atoms with E-state index in [0.717, 1.165) is 23.1 Å². The van der Waals surface area contributed by atoms with Gasteiger partial charge in [0.05, 0.1) is 11.9 Å². The second-order valence-electron chi connectivity index (χ2n) is 7.11. The maximum Gasteiger partial charge on any atom is 0.233 e. The third-order valence-electron chi connectivity index (χ3n) is 4.73. The molecule has 0 aliphatic heterocycles. The van der Waals surface area contributed by atoms with Crippen molar-refractivity contribution in [2.24, 2.45) is 0 Å². The van der Waals surface area contributed by atoms with Crippen LogP contribution < -0.4 is 10.0 Å². The van der Waals surface area contributed by atoms with Crippen LogP contribution in [-0.4, -0.2) is 37.4 Å². The Bertz CT molecular complexity index is 995. The fourth-order valence-corrected chi connectivity index (χ4v) is 4.13. The number of hydrogen-bond acceptors (Lipinski definition) is 5. The molecule has 1 heterocycles. The topological polar surface area (TPSA) is 91.3 Å². The molecule has 0 bridgehead atoms. The number of aliphatic hydroxyl groups excluding tert-OH is 1. The van der Waals surface area contributed by atoms with Crippen LogP contribution in [0.2, 0.25) is 0 Å². The summed E-state index contributed by atoms with van der Waals surface area (Å²) in [5.41, 5.74) is 3.44. The molecule has 0 unspecified atom stereocenters. The molecule has 1 atom stereocenters. The van der Waals surface area contributed by atoms with Crippen molar-refractivity contribution in [2.45, 2.75) is 18.9 Å². The molecular formula is C23H27N3O3S. The number of sulfonamides is 1. The minimum absolute atomic E-state index is 0.0436. The van der Waals surface area contributed by atoms with E-state index in [4.69, 9.17) is 0 Å². The highest BCUT2D eigenvalue weighted by atomic mass is 32.2. The molecule has 3 N–H and O–H groups in total. The molecule has 0 aliphatic carbocycles. The maximum atomic E-state index is 12.3. The first-order valence-electron chi connectivity index (χ1n) is 9.94. The Kier molecular flexibility index (Phi) is 7.96. The number of rotatable bonds is 11. The first-order chi connectivity index (χ1) is 14.5. The van der Waals surface area contributed by atoms with Crippen LogP contribution in [-0.2, 0) is 22.9 Å². The molecule has 0 radical (unpaired) electrons. The first-order valence-corrected chi connectivity index (χ1v) is 11.6. The number of aromatic nitrogens is 1. The number of nitrogens with zero attached hydrogens (tertiary/aromatic N) is 1. The van der Waals surface area contributed by atoms with E-state index in [-0.39, 0.29) is 5.75 Å². The van der Waals surface area contributed by atoms with Gasteiger partial charge in [-0.2, -0.15) is 0 Å². The molecule has 0 amide bonds. The number of nitrogens with one attached hydrogen (secondary N) is 2. The lowest BCUT2D eigenvalue weighted by molar-refractivity contribution is 0.174. The molecule has 1 aromatic heterocycles. The SMILES string of the molecule is O=S(=O)(CCc1ccccc1)Nc1ccc(CCNC[C@H](O)c2cccnc2)cc1. The average Bonchev–Trinajstić information content (AvgIpc) is 2.77. The molecular weight excluding hydrogens is 398 g/mol. The quantitative estimate of drug-likeness (QED) is 0.411. The minimum Gasteiger partial charge on any atom is -0.387 e. The fourth-order valence-electron chi connectivity index (χ4n) is 3.03. The van der Waals surface area contributed by atoms with E-state index in [0.29, 0.717) is 25.2 Å². The minimum atomic E-state index is -3.40. The summed E-state index contributed by atoms with van der Waals surface area (Å²) in [6, 6.07) is 20.6. The van der Waals surface area contributed by atoms with Crippen LogP contribution in [0.3, 0.4) is 0 Å². The van der Waals surface area contributed by atoms with Crippen LogP contribution in [0.25, 0.3) is 0 Å². The van der Waals surface area contributed by atoms with E-state index in [1.165, 1.54) is 0 Å². The van der Waals surface area contributed by atoms with Gasteiger partial charge in [0, 0.05) is 30.2 Å². The lowest BCUT2D eigenvalue weighted by Crippen LogP contribution is -2.23. The molecule has 30 heavy (non-hydrogen) atoms. The average molecular weight is 426 g/mol. The number of aryl methyl sites for hydroxylation is 1. The molecule has 3 rings (SSSR count). The van der Waals surface area contributed by atoms with Gasteiger partial charge in [-0.1, -0.05) is 48.5 Å². The summed E-state index contributed by atoms with van der Waals surface area (Å²) in [6.45, 7) is 1.16. The third kappa shape index (κ3) is 7.26. The van der Waals surface area contributed by atoms with Gasteiger partial charge >= 0.3 is 0 Å². The molecule has 0 aliphatic rings. The van der Waals surface area contributed by atoms with Crippen LogP contribution in [0.1, 0.15) is 22.8 Å². The summed E-state index contributed by atoms with van der Waals surface area (Å²) < 4.78 is 27.2.